The van der Waals surface area contributed by atoms with E-state index in [0.717, 1.165) is 0 Å². The third-order valence-electron chi connectivity index (χ3n) is 2.76. The number of halogens is 2. The monoisotopic (exact) mass is 352 g/mol. The molecule has 0 heterocycles. The van der Waals surface area contributed by atoms with E-state index in [2.05, 4.69) is 21.2 Å². The number of nitrogen functional groups attached to an aromatic ring is 1. The molecule has 0 aliphatic carbocycles. The molecule has 0 bridgehead atoms. The number of hydrogen-bond acceptors (Lipinski definition) is 4. The Balaban J connectivity index is 2.21. The van der Waals surface area contributed by atoms with E-state index in [1.807, 2.05) is 0 Å². The molecule has 0 atom stereocenters. The number of carbonyl (C=O) groups is 1. The maximum Gasteiger partial charge on any atom is 0.338 e. The van der Waals surface area contributed by atoms with Crippen molar-refractivity contribution in [1.29, 1.82) is 0 Å². The van der Waals surface area contributed by atoms with Crippen molar-refractivity contribution in [2.24, 2.45) is 0 Å². The van der Waals surface area contributed by atoms with Crippen molar-refractivity contribution in [1.82, 2.24) is 0 Å². The Morgan fingerprint density at radius 1 is 1.33 bits per heavy atom. The van der Waals surface area contributed by atoms with Crippen molar-refractivity contribution >= 4 is 39.0 Å². The van der Waals surface area contributed by atoms with Gasteiger partial charge in [-0.05, 0) is 59.3 Å². The van der Waals surface area contributed by atoms with Gasteiger partial charge in [0.05, 0.1) is 28.0 Å². The summed E-state index contributed by atoms with van der Waals surface area (Å²) in [4.78, 5) is 11.6. The van der Waals surface area contributed by atoms with Crippen molar-refractivity contribution in [3.63, 3.8) is 0 Å². The van der Waals surface area contributed by atoms with E-state index in [4.69, 9.17) is 10.5 Å². The average molecular weight is 353 g/mol. The summed E-state index contributed by atoms with van der Waals surface area (Å²) < 4.78 is 18.4. The average Bonchev–Trinajstić information content (AvgIpc) is 2.45. The van der Waals surface area contributed by atoms with Gasteiger partial charge in [-0.25, -0.2) is 9.18 Å². The van der Waals surface area contributed by atoms with Gasteiger partial charge in [-0.3, -0.25) is 0 Å². The lowest BCUT2D eigenvalue weighted by Gasteiger charge is -2.11. The molecular formula is C15H14BrFN2O2. The van der Waals surface area contributed by atoms with Gasteiger partial charge >= 0.3 is 5.97 Å². The Bertz CT molecular complexity index is 677. The number of anilines is 3. The van der Waals surface area contributed by atoms with Gasteiger partial charge in [0, 0.05) is 5.69 Å². The van der Waals surface area contributed by atoms with Crippen molar-refractivity contribution in [2.75, 3.05) is 17.7 Å². The molecule has 3 N–H and O–H groups in total. The van der Waals surface area contributed by atoms with E-state index >= 15 is 0 Å². The molecule has 2 aromatic rings. The Kier molecular flexibility index (Phi) is 4.80. The van der Waals surface area contributed by atoms with Crippen molar-refractivity contribution < 1.29 is 13.9 Å². The number of nitrogens with two attached hydrogens (primary N) is 1. The van der Waals surface area contributed by atoms with E-state index in [0.29, 0.717) is 33.7 Å². The molecule has 4 nitrogen and oxygen atoms in total. The summed E-state index contributed by atoms with van der Waals surface area (Å²) in [7, 11) is 0. The van der Waals surface area contributed by atoms with Gasteiger partial charge < -0.3 is 15.8 Å². The number of benzene rings is 2. The predicted molar refractivity (Wildman–Crippen MR) is 84.2 cm³/mol. The fourth-order valence-electron chi connectivity index (χ4n) is 1.75. The number of esters is 1. The van der Waals surface area contributed by atoms with Crippen LogP contribution in [-0.2, 0) is 4.74 Å². The fourth-order valence-corrected chi connectivity index (χ4v) is 2.13. The van der Waals surface area contributed by atoms with Crippen LogP contribution in [0, 0.1) is 5.82 Å². The molecule has 21 heavy (non-hydrogen) atoms. The van der Waals surface area contributed by atoms with Gasteiger partial charge in [-0.1, -0.05) is 0 Å². The Hall–Kier alpha value is -2.08. The zero-order valence-corrected chi connectivity index (χ0v) is 12.9. The Labute approximate surface area is 130 Å². The van der Waals surface area contributed by atoms with Crippen LogP contribution in [0.5, 0.6) is 0 Å². The van der Waals surface area contributed by atoms with Crippen LogP contribution >= 0.6 is 15.9 Å². The first-order valence-electron chi connectivity index (χ1n) is 6.30. The van der Waals surface area contributed by atoms with Crippen molar-refractivity contribution in [3.8, 4) is 0 Å². The normalized spacial score (nSPS) is 10.2. The van der Waals surface area contributed by atoms with E-state index in [1.54, 1.807) is 37.3 Å². The molecule has 110 valence electrons. The maximum atomic E-state index is 13.2. The van der Waals surface area contributed by atoms with Crippen LogP contribution in [0.4, 0.5) is 21.5 Å². The van der Waals surface area contributed by atoms with E-state index < -0.39 is 5.97 Å². The molecule has 6 heteroatoms. The minimum atomic E-state index is -0.416. The van der Waals surface area contributed by atoms with Gasteiger partial charge in [0.1, 0.15) is 5.82 Å². The lowest BCUT2D eigenvalue weighted by Crippen LogP contribution is -2.06. The maximum absolute atomic E-state index is 13.2. The van der Waals surface area contributed by atoms with Gasteiger partial charge in [-0.2, -0.15) is 0 Å². The Morgan fingerprint density at radius 3 is 2.71 bits per heavy atom. The fraction of sp³-hybridized carbons (Fsp3) is 0.133. The van der Waals surface area contributed by atoms with Crippen molar-refractivity contribution in [2.45, 2.75) is 6.92 Å². The molecule has 0 fully saturated rings. The molecule has 0 saturated carbocycles. The van der Waals surface area contributed by atoms with Gasteiger partial charge in [0.2, 0.25) is 0 Å². The second-order valence-corrected chi connectivity index (χ2v) is 5.13. The molecule has 0 spiro atoms. The van der Waals surface area contributed by atoms with Gasteiger partial charge in [0.15, 0.2) is 0 Å². The number of rotatable bonds is 4. The molecule has 0 saturated heterocycles. The third-order valence-corrected chi connectivity index (χ3v) is 3.37. The second-order valence-electron chi connectivity index (χ2n) is 4.28. The van der Waals surface area contributed by atoms with Crippen LogP contribution in [0.2, 0.25) is 0 Å². The molecule has 2 rings (SSSR count). The summed E-state index contributed by atoms with van der Waals surface area (Å²) in [6.07, 6.45) is 0. The van der Waals surface area contributed by atoms with Crippen LogP contribution in [-0.4, -0.2) is 12.6 Å². The summed E-state index contributed by atoms with van der Waals surface area (Å²) in [6.45, 7) is 2.05. The molecular weight excluding hydrogens is 339 g/mol. The third kappa shape index (κ3) is 3.72. The van der Waals surface area contributed by atoms with Crippen LogP contribution in [0.1, 0.15) is 17.3 Å². The summed E-state index contributed by atoms with van der Waals surface area (Å²) in [6, 6.07) is 9.38. The van der Waals surface area contributed by atoms with Crippen LogP contribution < -0.4 is 11.1 Å². The van der Waals surface area contributed by atoms with Crippen LogP contribution in [0.3, 0.4) is 0 Å². The zero-order chi connectivity index (χ0) is 15.4. The summed E-state index contributed by atoms with van der Waals surface area (Å²) in [5, 5.41) is 3.06. The minimum Gasteiger partial charge on any atom is -0.462 e. The molecule has 0 radical (unpaired) electrons. The van der Waals surface area contributed by atoms with E-state index in [-0.39, 0.29) is 5.82 Å². The first-order valence-corrected chi connectivity index (χ1v) is 7.09. The topological polar surface area (TPSA) is 64.3 Å². The standard InChI is InChI=1S/C15H14BrFN2O2/c1-2-21-15(20)9-3-6-14(13(18)7-9)19-10-4-5-12(17)11(16)8-10/h3-8,19H,2,18H2,1H3. The summed E-state index contributed by atoms with van der Waals surface area (Å²) in [5.74, 6) is -0.758. The van der Waals surface area contributed by atoms with E-state index in [9.17, 15) is 9.18 Å². The molecule has 0 aliphatic heterocycles. The molecule has 0 amide bonds. The number of carbonyl (C=O) groups excluding carboxylic acids is 1. The lowest BCUT2D eigenvalue weighted by molar-refractivity contribution is 0.0526. The zero-order valence-electron chi connectivity index (χ0n) is 11.3. The number of ether oxygens (including phenoxy) is 1. The lowest BCUT2D eigenvalue weighted by atomic mass is 10.1. The largest absolute Gasteiger partial charge is 0.462 e. The van der Waals surface area contributed by atoms with Gasteiger partial charge in [-0.15, -0.1) is 0 Å². The first kappa shape index (κ1) is 15.3. The van der Waals surface area contributed by atoms with Crippen LogP contribution in [0.15, 0.2) is 40.9 Å². The molecule has 0 aliphatic rings. The minimum absolute atomic E-state index is 0.308. The van der Waals surface area contributed by atoms with Crippen LogP contribution in [0.25, 0.3) is 0 Å². The summed E-state index contributed by atoms with van der Waals surface area (Å²) in [5.41, 5.74) is 8.01. The quantitative estimate of drug-likeness (QED) is 0.642. The molecule has 0 unspecified atom stereocenters. The Morgan fingerprint density at radius 2 is 2.10 bits per heavy atom. The highest BCUT2D eigenvalue weighted by molar-refractivity contribution is 9.10. The smallest absolute Gasteiger partial charge is 0.338 e. The van der Waals surface area contributed by atoms with Crippen molar-refractivity contribution in [3.05, 3.63) is 52.3 Å². The molecule has 0 aromatic heterocycles. The number of hydrogen-bond donors (Lipinski definition) is 2. The highest BCUT2D eigenvalue weighted by Crippen LogP contribution is 2.27. The van der Waals surface area contributed by atoms with Gasteiger partial charge in [0.25, 0.3) is 0 Å². The molecule has 2 aromatic carbocycles. The predicted octanol–water partition coefficient (Wildman–Crippen LogP) is 4.09. The second kappa shape index (κ2) is 6.58. The SMILES string of the molecule is CCOC(=O)c1ccc(Nc2ccc(F)c(Br)c2)c(N)c1. The number of nitrogens with one attached hydrogen (secondary N) is 1. The van der Waals surface area contributed by atoms with E-state index in [1.165, 1.54) is 6.07 Å². The highest BCUT2D eigenvalue weighted by Gasteiger charge is 2.09. The first-order chi connectivity index (χ1) is 10.0. The summed E-state index contributed by atoms with van der Waals surface area (Å²) >= 11 is 3.12. The highest BCUT2D eigenvalue weighted by atomic mass is 79.9.